The molecule has 0 saturated carbocycles. The second kappa shape index (κ2) is 6.97. The smallest absolute Gasteiger partial charge is 0.322 e. The Hall–Kier alpha value is -3.19. The van der Waals surface area contributed by atoms with Crippen molar-refractivity contribution in [3.63, 3.8) is 0 Å². The average molecular weight is 374 g/mol. The van der Waals surface area contributed by atoms with Gasteiger partial charge in [-0.1, -0.05) is 29.3 Å². The quantitative estimate of drug-likeness (QED) is 0.740. The topological polar surface area (TPSA) is 84.0 Å². The lowest BCUT2D eigenvalue weighted by molar-refractivity contribution is 0.102. The number of anilines is 1. The Morgan fingerprint density at radius 1 is 1.15 bits per heavy atom. The molecule has 3 rings (SSSR count). The molecule has 132 valence electrons. The van der Waals surface area contributed by atoms with E-state index in [1.54, 1.807) is 24.3 Å². The van der Waals surface area contributed by atoms with Crippen LogP contribution in [0.15, 0.2) is 58.3 Å². The van der Waals surface area contributed by atoms with Crippen molar-refractivity contribution in [2.24, 2.45) is 0 Å². The van der Waals surface area contributed by atoms with Crippen LogP contribution in [-0.2, 0) is 0 Å². The van der Waals surface area contributed by atoms with Crippen LogP contribution in [0.3, 0.4) is 0 Å². The minimum Gasteiger partial charge on any atom is -0.322 e. The lowest BCUT2D eigenvalue weighted by atomic mass is 10.2. The van der Waals surface area contributed by atoms with E-state index in [9.17, 15) is 18.8 Å². The molecule has 6 nitrogen and oxygen atoms in total. The molecule has 1 amide bonds. The van der Waals surface area contributed by atoms with Crippen molar-refractivity contribution >= 4 is 23.2 Å². The number of carbonyl (C=O) groups excluding carboxylic acids is 1. The van der Waals surface area contributed by atoms with Gasteiger partial charge in [0.05, 0.1) is 10.7 Å². The number of nitrogens with zero attached hydrogens (tertiary/aromatic N) is 1. The Morgan fingerprint density at radius 2 is 1.85 bits per heavy atom. The zero-order chi connectivity index (χ0) is 18.8. The van der Waals surface area contributed by atoms with Gasteiger partial charge in [-0.2, -0.15) is 0 Å². The number of nitrogens with one attached hydrogen (secondary N) is 2. The number of aromatic amines is 1. The normalized spacial score (nSPS) is 10.6. The third-order valence-corrected chi connectivity index (χ3v) is 3.98. The third-order valence-electron chi connectivity index (χ3n) is 3.69. The summed E-state index contributed by atoms with van der Waals surface area (Å²) in [6.45, 7) is 1.87. The van der Waals surface area contributed by atoms with E-state index in [0.717, 1.165) is 22.4 Å². The molecule has 8 heteroatoms. The number of carbonyl (C=O) groups is 1. The van der Waals surface area contributed by atoms with Gasteiger partial charge in [0.15, 0.2) is 0 Å². The number of rotatable bonds is 3. The molecule has 1 heterocycles. The van der Waals surface area contributed by atoms with E-state index in [1.807, 2.05) is 6.92 Å². The van der Waals surface area contributed by atoms with Crippen molar-refractivity contribution in [2.45, 2.75) is 6.92 Å². The van der Waals surface area contributed by atoms with E-state index in [4.69, 9.17) is 11.6 Å². The van der Waals surface area contributed by atoms with Gasteiger partial charge in [0.1, 0.15) is 11.4 Å². The summed E-state index contributed by atoms with van der Waals surface area (Å²) in [5.41, 5.74) is -0.204. The van der Waals surface area contributed by atoms with Crippen molar-refractivity contribution in [1.82, 2.24) is 9.55 Å². The van der Waals surface area contributed by atoms with Gasteiger partial charge in [-0.15, -0.1) is 0 Å². The van der Waals surface area contributed by atoms with Crippen LogP contribution in [-0.4, -0.2) is 15.5 Å². The van der Waals surface area contributed by atoms with Gasteiger partial charge in [-0.05, 0) is 37.3 Å². The van der Waals surface area contributed by atoms with Crippen molar-refractivity contribution in [3.8, 4) is 5.69 Å². The Balaban J connectivity index is 2.00. The molecule has 3 aromatic rings. The van der Waals surface area contributed by atoms with Crippen molar-refractivity contribution in [2.75, 3.05) is 5.32 Å². The minimum atomic E-state index is -0.775. The van der Waals surface area contributed by atoms with Gasteiger partial charge < -0.3 is 10.3 Å². The van der Waals surface area contributed by atoms with Crippen LogP contribution in [0.25, 0.3) is 5.69 Å². The second-order valence-corrected chi connectivity index (χ2v) is 5.97. The number of amides is 1. The van der Waals surface area contributed by atoms with Gasteiger partial charge in [-0.25, -0.2) is 13.8 Å². The predicted octanol–water partition coefficient (Wildman–Crippen LogP) is 2.88. The van der Waals surface area contributed by atoms with Gasteiger partial charge in [0.2, 0.25) is 0 Å². The summed E-state index contributed by atoms with van der Waals surface area (Å²) in [5, 5.41) is 2.28. The molecule has 0 aliphatic heterocycles. The largest absolute Gasteiger partial charge is 0.333 e. The summed E-state index contributed by atoms with van der Waals surface area (Å²) in [6, 6.07) is 10.3. The van der Waals surface area contributed by atoms with Crippen LogP contribution in [0, 0.1) is 12.7 Å². The summed E-state index contributed by atoms with van der Waals surface area (Å²) in [6.07, 6.45) is 1.04. The summed E-state index contributed by atoms with van der Waals surface area (Å²) in [4.78, 5) is 39.4. The Kier molecular flexibility index (Phi) is 4.73. The highest BCUT2D eigenvalue weighted by atomic mass is 35.5. The maximum atomic E-state index is 13.2. The number of hydrogen-bond acceptors (Lipinski definition) is 3. The van der Waals surface area contributed by atoms with Crippen LogP contribution in [0.2, 0.25) is 5.02 Å². The van der Waals surface area contributed by atoms with Crippen LogP contribution in [0.5, 0.6) is 0 Å². The molecule has 0 radical (unpaired) electrons. The maximum Gasteiger partial charge on any atom is 0.333 e. The molecule has 0 aliphatic rings. The number of aryl methyl sites for hydroxylation is 1. The van der Waals surface area contributed by atoms with Crippen LogP contribution < -0.4 is 16.6 Å². The minimum absolute atomic E-state index is 0.165. The van der Waals surface area contributed by atoms with Gasteiger partial charge >= 0.3 is 5.69 Å². The van der Waals surface area contributed by atoms with E-state index < -0.39 is 23.0 Å². The highest BCUT2D eigenvalue weighted by molar-refractivity contribution is 6.31. The van der Waals surface area contributed by atoms with Gasteiger partial charge in [0, 0.05) is 11.9 Å². The number of aromatic nitrogens is 2. The van der Waals surface area contributed by atoms with Crippen molar-refractivity contribution < 1.29 is 9.18 Å². The summed E-state index contributed by atoms with van der Waals surface area (Å²) >= 11 is 5.67. The average Bonchev–Trinajstić information content (AvgIpc) is 2.60. The lowest BCUT2D eigenvalue weighted by Crippen LogP contribution is -2.38. The van der Waals surface area contributed by atoms with E-state index in [2.05, 4.69) is 10.3 Å². The zero-order valence-electron chi connectivity index (χ0n) is 13.5. The van der Waals surface area contributed by atoms with Crippen LogP contribution in [0.1, 0.15) is 15.9 Å². The molecule has 2 aromatic carbocycles. The summed E-state index contributed by atoms with van der Waals surface area (Å²) < 4.78 is 14.1. The van der Waals surface area contributed by atoms with Gasteiger partial charge in [0.25, 0.3) is 11.5 Å². The fourth-order valence-corrected chi connectivity index (χ4v) is 2.52. The van der Waals surface area contributed by atoms with E-state index in [-0.39, 0.29) is 16.3 Å². The van der Waals surface area contributed by atoms with Crippen molar-refractivity contribution in [3.05, 3.63) is 91.5 Å². The molecule has 0 spiro atoms. The van der Waals surface area contributed by atoms with E-state index in [1.165, 1.54) is 12.1 Å². The zero-order valence-corrected chi connectivity index (χ0v) is 14.3. The molecule has 0 atom stereocenters. The molecule has 26 heavy (non-hydrogen) atoms. The monoisotopic (exact) mass is 373 g/mol. The number of H-pyrrole nitrogens is 1. The SMILES string of the molecule is Cc1ccc(-n2c(=O)[nH]cc(C(=O)Nc3ccc(F)c(Cl)c3)c2=O)cc1. The molecule has 1 aromatic heterocycles. The first-order chi connectivity index (χ1) is 12.4. The molecule has 0 fully saturated rings. The number of halogens is 2. The standard InChI is InChI=1S/C18H13ClFN3O3/c1-10-2-5-12(6-3-10)23-17(25)13(9-21-18(23)26)16(24)22-11-4-7-15(20)14(19)8-11/h2-9H,1H3,(H,21,26)(H,22,24). The number of hydrogen-bond donors (Lipinski definition) is 2. The molecule has 0 saturated heterocycles. The molecule has 0 unspecified atom stereocenters. The first-order valence-electron chi connectivity index (χ1n) is 7.55. The fourth-order valence-electron chi connectivity index (χ4n) is 2.34. The van der Waals surface area contributed by atoms with Gasteiger partial charge in [-0.3, -0.25) is 9.59 Å². The fraction of sp³-hybridized carbons (Fsp3) is 0.0556. The highest BCUT2D eigenvalue weighted by Gasteiger charge is 2.16. The Morgan fingerprint density at radius 3 is 2.50 bits per heavy atom. The first-order valence-corrected chi connectivity index (χ1v) is 7.93. The third kappa shape index (κ3) is 3.43. The van der Waals surface area contributed by atoms with Crippen molar-refractivity contribution in [1.29, 1.82) is 0 Å². The first kappa shape index (κ1) is 17.6. The molecular formula is C18H13ClFN3O3. The Labute approximate surface area is 151 Å². The maximum absolute atomic E-state index is 13.2. The lowest BCUT2D eigenvalue weighted by Gasteiger charge is -2.09. The van der Waals surface area contributed by atoms with Crippen LogP contribution >= 0.6 is 11.6 Å². The highest BCUT2D eigenvalue weighted by Crippen LogP contribution is 2.19. The molecule has 0 aliphatic carbocycles. The summed E-state index contributed by atoms with van der Waals surface area (Å²) in [5.74, 6) is -1.38. The van der Waals surface area contributed by atoms with E-state index >= 15 is 0 Å². The van der Waals surface area contributed by atoms with Crippen LogP contribution in [0.4, 0.5) is 10.1 Å². The Bertz CT molecular complexity index is 1100. The predicted molar refractivity (Wildman–Crippen MR) is 96.8 cm³/mol. The van der Waals surface area contributed by atoms with E-state index in [0.29, 0.717) is 5.69 Å². The molecular weight excluding hydrogens is 361 g/mol. The molecule has 2 N–H and O–H groups in total. The summed E-state index contributed by atoms with van der Waals surface area (Å²) in [7, 11) is 0. The second-order valence-electron chi connectivity index (χ2n) is 5.57. The molecule has 0 bridgehead atoms. The number of benzene rings is 2.